The molecule has 6 heteroatoms. The molecule has 0 radical (unpaired) electrons. The molecule has 4 rings (SSSR count). The number of anilines is 2. The Hall–Kier alpha value is -1.40. The number of ether oxygens (including phenoxy) is 1. The average Bonchev–Trinajstić information content (AvgIpc) is 3.32. The maximum absolute atomic E-state index is 6.18. The van der Waals surface area contributed by atoms with Crippen LogP contribution in [-0.4, -0.2) is 42.3 Å². The maximum Gasteiger partial charge on any atom is 0.222 e. The van der Waals surface area contributed by atoms with Crippen LogP contribution >= 0.6 is 0 Å². The molecule has 0 aromatic carbocycles. The maximum atomic E-state index is 6.18. The second kappa shape index (κ2) is 5.66. The molecule has 3 N–H and O–H groups in total. The first-order chi connectivity index (χ1) is 10.7. The lowest BCUT2D eigenvalue weighted by atomic mass is 10.1. The second-order valence-corrected chi connectivity index (χ2v) is 6.92. The van der Waals surface area contributed by atoms with Crippen LogP contribution < -0.4 is 16.0 Å². The molecule has 6 nitrogen and oxygen atoms in total. The first kappa shape index (κ1) is 14.2. The largest absolute Gasteiger partial charge is 0.371 e. The summed E-state index contributed by atoms with van der Waals surface area (Å²) in [5.41, 5.74) is 6.78. The van der Waals surface area contributed by atoms with Crippen molar-refractivity contribution in [2.45, 2.75) is 44.4 Å². The molecule has 3 fully saturated rings. The standard InChI is InChI=1S/C16H25N5O/c1-18-13-7-21(8-13)14-6-12(19-16(17)20-14)9-22-15(10-2-3-10)11-4-5-11/h6,10-11,13,15,18H,2-5,7-9H2,1H3,(H2,17,19,20). The fourth-order valence-electron chi connectivity index (χ4n) is 3.28. The van der Waals surface area contributed by atoms with Crippen LogP contribution in [0.15, 0.2) is 6.07 Å². The van der Waals surface area contributed by atoms with E-state index in [9.17, 15) is 0 Å². The number of nitrogen functional groups attached to an aromatic ring is 1. The fourth-order valence-corrected chi connectivity index (χ4v) is 3.28. The number of hydrogen-bond donors (Lipinski definition) is 2. The third kappa shape index (κ3) is 3.03. The molecular formula is C16H25N5O. The Bertz CT molecular complexity index is 525. The van der Waals surface area contributed by atoms with Crippen molar-refractivity contribution in [3.8, 4) is 0 Å². The Labute approximate surface area is 131 Å². The molecule has 1 saturated heterocycles. The van der Waals surface area contributed by atoms with Crippen molar-refractivity contribution in [2.75, 3.05) is 30.8 Å². The monoisotopic (exact) mass is 303 g/mol. The Morgan fingerprint density at radius 2 is 1.95 bits per heavy atom. The van der Waals surface area contributed by atoms with Crippen LogP contribution in [0, 0.1) is 11.8 Å². The molecule has 3 aliphatic rings. The highest BCUT2D eigenvalue weighted by Crippen LogP contribution is 2.46. The van der Waals surface area contributed by atoms with Crippen molar-refractivity contribution in [3.63, 3.8) is 0 Å². The van der Waals surface area contributed by atoms with Gasteiger partial charge in [-0.25, -0.2) is 4.98 Å². The third-order valence-electron chi connectivity index (χ3n) is 4.99. The minimum Gasteiger partial charge on any atom is -0.371 e. The summed E-state index contributed by atoms with van der Waals surface area (Å²) >= 11 is 0. The average molecular weight is 303 g/mol. The topological polar surface area (TPSA) is 76.3 Å². The van der Waals surface area contributed by atoms with Crippen LogP contribution in [0.3, 0.4) is 0 Å². The summed E-state index contributed by atoms with van der Waals surface area (Å²) in [5.74, 6) is 2.85. The second-order valence-electron chi connectivity index (χ2n) is 6.92. The molecule has 0 atom stereocenters. The summed E-state index contributed by atoms with van der Waals surface area (Å²) in [4.78, 5) is 10.9. The van der Waals surface area contributed by atoms with Crippen LogP contribution in [0.5, 0.6) is 0 Å². The van der Waals surface area contributed by atoms with Gasteiger partial charge in [0, 0.05) is 25.2 Å². The van der Waals surface area contributed by atoms with Gasteiger partial charge in [-0.15, -0.1) is 0 Å². The number of hydrogen-bond acceptors (Lipinski definition) is 6. The minimum absolute atomic E-state index is 0.346. The highest BCUT2D eigenvalue weighted by atomic mass is 16.5. The molecule has 120 valence electrons. The molecule has 1 aromatic rings. The quantitative estimate of drug-likeness (QED) is 0.787. The Morgan fingerprint density at radius 1 is 1.27 bits per heavy atom. The molecule has 0 unspecified atom stereocenters. The van der Waals surface area contributed by atoms with Gasteiger partial charge in [0.2, 0.25) is 5.95 Å². The van der Waals surface area contributed by atoms with E-state index in [2.05, 4.69) is 20.2 Å². The van der Waals surface area contributed by atoms with Crippen LogP contribution in [0.25, 0.3) is 0 Å². The highest BCUT2D eigenvalue weighted by molar-refractivity contribution is 5.46. The van der Waals surface area contributed by atoms with Gasteiger partial charge in [-0.1, -0.05) is 0 Å². The van der Waals surface area contributed by atoms with Crippen LogP contribution in [0.1, 0.15) is 31.4 Å². The summed E-state index contributed by atoms with van der Waals surface area (Å²) in [6.45, 7) is 2.50. The zero-order chi connectivity index (χ0) is 15.1. The van der Waals surface area contributed by atoms with Gasteiger partial charge >= 0.3 is 0 Å². The van der Waals surface area contributed by atoms with Gasteiger partial charge in [-0.3, -0.25) is 0 Å². The molecule has 1 aliphatic heterocycles. The zero-order valence-corrected chi connectivity index (χ0v) is 13.2. The van der Waals surface area contributed by atoms with Gasteiger partial charge in [0.05, 0.1) is 18.4 Å². The van der Waals surface area contributed by atoms with Crippen molar-refractivity contribution in [2.24, 2.45) is 11.8 Å². The number of nitrogens with two attached hydrogens (primary N) is 1. The lowest BCUT2D eigenvalue weighted by Crippen LogP contribution is -2.57. The number of nitrogens with one attached hydrogen (secondary N) is 1. The number of nitrogens with zero attached hydrogens (tertiary/aromatic N) is 3. The lowest BCUT2D eigenvalue weighted by Gasteiger charge is -2.40. The Kier molecular flexibility index (Phi) is 3.66. The van der Waals surface area contributed by atoms with E-state index in [1.54, 1.807) is 0 Å². The van der Waals surface area contributed by atoms with Crippen LogP contribution in [0.4, 0.5) is 11.8 Å². The summed E-state index contributed by atoms with van der Waals surface area (Å²) in [5, 5.41) is 3.27. The van der Waals surface area contributed by atoms with Gasteiger partial charge in [-0.2, -0.15) is 4.98 Å². The van der Waals surface area contributed by atoms with Crippen LogP contribution in [0.2, 0.25) is 0 Å². The normalized spacial score (nSPS) is 22.2. The van der Waals surface area contributed by atoms with E-state index >= 15 is 0 Å². The van der Waals surface area contributed by atoms with E-state index < -0.39 is 0 Å². The van der Waals surface area contributed by atoms with Crippen molar-refractivity contribution < 1.29 is 4.74 Å². The molecule has 0 spiro atoms. The first-order valence-corrected chi connectivity index (χ1v) is 8.40. The summed E-state index contributed by atoms with van der Waals surface area (Å²) in [6.07, 6.45) is 5.77. The van der Waals surface area contributed by atoms with E-state index in [1.165, 1.54) is 25.7 Å². The minimum atomic E-state index is 0.346. The Balaban J connectivity index is 1.39. The smallest absolute Gasteiger partial charge is 0.222 e. The van der Waals surface area contributed by atoms with Gasteiger partial charge in [0.25, 0.3) is 0 Å². The number of rotatable bonds is 7. The van der Waals surface area contributed by atoms with E-state index in [-0.39, 0.29) is 0 Å². The van der Waals surface area contributed by atoms with E-state index in [4.69, 9.17) is 10.5 Å². The van der Waals surface area contributed by atoms with Crippen molar-refractivity contribution in [3.05, 3.63) is 11.8 Å². The predicted molar refractivity (Wildman–Crippen MR) is 85.5 cm³/mol. The molecule has 0 bridgehead atoms. The SMILES string of the molecule is CNC1CN(c2cc(COC(C3CC3)C3CC3)nc(N)n2)C1. The third-order valence-corrected chi connectivity index (χ3v) is 4.99. The van der Waals surface area contributed by atoms with Gasteiger partial charge < -0.3 is 20.7 Å². The molecule has 2 saturated carbocycles. The molecule has 2 heterocycles. The molecule has 2 aliphatic carbocycles. The van der Waals surface area contributed by atoms with Crippen molar-refractivity contribution in [1.82, 2.24) is 15.3 Å². The number of aromatic nitrogens is 2. The summed E-state index contributed by atoms with van der Waals surface area (Å²) in [6, 6.07) is 2.57. The molecule has 0 amide bonds. The summed E-state index contributed by atoms with van der Waals surface area (Å²) < 4.78 is 6.18. The highest BCUT2D eigenvalue weighted by Gasteiger charge is 2.42. The molecular weight excluding hydrogens is 278 g/mol. The summed E-state index contributed by atoms with van der Waals surface area (Å²) in [7, 11) is 1.99. The molecule has 1 aromatic heterocycles. The van der Waals surface area contributed by atoms with E-state index in [1.807, 2.05) is 13.1 Å². The van der Waals surface area contributed by atoms with Crippen LogP contribution in [-0.2, 0) is 11.3 Å². The van der Waals surface area contributed by atoms with Gasteiger partial charge in [0.15, 0.2) is 0 Å². The van der Waals surface area contributed by atoms with Gasteiger partial charge in [0.1, 0.15) is 5.82 Å². The fraction of sp³-hybridized carbons (Fsp3) is 0.750. The zero-order valence-electron chi connectivity index (χ0n) is 13.2. The van der Waals surface area contributed by atoms with Crippen molar-refractivity contribution >= 4 is 11.8 Å². The predicted octanol–water partition coefficient (Wildman–Crippen LogP) is 1.17. The Morgan fingerprint density at radius 3 is 2.55 bits per heavy atom. The lowest BCUT2D eigenvalue weighted by molar-refractivity contribution is 0.00962. The number of likely N-dealkylation sites (N-methyl/N-ethyl adjacent to an activating group) is 1. The van der Waals surface area contributed by atoms with Gasteiger partial charge in [-0.05, 0) is 44.6 Å². The van der Waals surface area contributed by atoms with E-state index in [0.717, 1.165) is 36.4 Å². The van der Waals surface area contributed by atoms with E-state index in [0.29, 0.717) is 24.7 Å². The molecule has 22 heavy (non-hydrogen) atoms. The van der Waals surface area contributed by atoms with Crippen molar-refractivity contribution in [1.29, 1.82) is 0 Å². The first-order valence-electron chi connectivity index (χ1n) is 8.40.